The lowest BCUT2D eigenvalue weighted by molar-refractivity contribution is -0.146. The Morgan fingerprint density at radius 1 is 1.26 bits per heavy atom. The Balaban J connectivity index is 2.64. The van der Waals surface area contributed by atoms with E-state index in [4.69, 9.17) is 5.11 Å². The van der Waals surface area contributed by atoms with Crippen LogP contribution in [0.25, 0.3) is 0 Å². The van der Waals surface area contributed by atoms with Crippen LogP contribution in [0.5, 0.6) is 0 Å². The average Bonchev–Trinajstić information content (AvgIpc) is 2.73. The molecule has 2 atom stereocenters. The fraction of sp³-hybridized carbons (Fsp3) is 0.833. The van der Waals surface area contributed by atoms with Crippen molar-refractivity contribution < 1.29 is 23.1 Å². The lowest BCUT2D eigenvalue weighted by Gasteiger charge is -2.24. The van der Waals surface area contributed by atoms with E-state index in [2.05, 4.69) is 5.32 Å². The Hall–Kier alpha value is -1.11. The molecule has 1 aliphatic carbocycles. The summed E-state index contributed by atoms with van der Waals surface area (Å²) in [6.07, 6.45) is 2.88. The van der Waals surface area contributed by atoms with E-state index in [0.29, 0.717) is 19.3 Å². The third kappa shape index (κ3) is 3.68. The minimum atomic E-state index is -3.28. The number of carboxylic acids is 1. The van der Waals surface area contributed by atoms with E-state index in [1.807, 2.05) is 0 Å². The van der Waals surface area contributed by atoms with Crippen molar-refractivity contribution in [1.82, 2.24) is 5.32 Å². The van der Waals surface area contributed by atoms with Crippen molar-refractivity contribution in [2.24, 2.45) is 11.8 Å². The van der Waals surface area contributed by atoms with Crippen molar-refractivity contribution >= 4 is 21.7 Å². The Morgan fingerprint density at radius 3 is 2.26 bits per heavy atom. The fourth-order valence-corrected chi connectivity index (χ4v) is 2.47. The first-order valence-electron chi connectivity index (χ1n) is 6.26. The summed E-state index contributed by atoms with van der Waals surface area (Å²) in [5.74, 6) is -2.52. The molecule has 7 heteroatoms. The number of hydrogen-bond donors (Lipinski definition) is 2. The molecule has 0 radical (unpaired) electrons. The van der Waals surface area contributed by atoms with Gasteiger partial charge in [0.2, 0.25) is 5.91 Å². The number of aliphatic carboxylic acids is 1. The van der Waals surface area contributed by atoms with Crippen molar-refractivity contribution in [2.45, 2.75) is 37.9 Å². The Morgan fingerprint density at radius 2 is 1.79 bits per heavy atom. The molecule has 0 saturated heterocycles. The van der Waals surface area contributed by atoms with E-state index in [-0.39, 0.29) is 12.5 Å². The molecular weight excluding hydrogens is 270 g/mol. The van der Waals surface area contributed by atoms with Crippen molar-refractivity contribution in [3.8, 4) is 0 Å². The normalized spacial score (nSPS) is 24.2. The number of carboxylic acid groups (broad SMARTS) is 1. The number of hydrogen-bond acceptors (Lipinski definition) is 4. The predicted molar refractivity (Wildman–Crippen MR) is 70.4 cm³/mol. The summed E-state index contributed by atoms with van der Waals surface area (Å²) in [7, 11) is -3.28. The first-order chi connectivity index (χ1) is 8.56. The summed E-state index contributed by atoms with van der Waals surface area (Å²) in [5, 5.41) is 11.6. The van der Waals surface area contributed by atoms with Crippen LogP contribution in [-0.4, -0.2) is 42.9 Å². The van der Waals surface area contributed by atoms with Crippen LogP contribution in [-0.2, 0) is 19.4 Å². The highest BCUT2D eigenvalue weighted by molar-refractivity contribution is 7.92. The van der Waals surface area contributed by atoms with Crippen LogP contribution in [0.1, 0.15) is 33.1 Å². The summed E-state index contributed by atoms with van der Waals surface area (Å²) in [6.45, 7) is 3.06. The van der Waals surface area contributed by atoms with Crippen molar-refractivity contribution in [2.75, 3.05) is 12.8 Å². The zero-order valence-electron chi connectivity index (χ0n) is 11.5. The van der Waals surface area contributed by atoms with E-state index < -0.39 is 32.4 Å². The fourth-order valence-electron chi connectivity index (χ4n) is 2.13. The maximum atomic E-state index is 12.0. The highest BCUT2D eigenvalue weighted by atomic mass is 32.2. The van der Waals surface area contributed by atoms with Crippen molar-refractivity contribution in [3.05, 3.63) is 0 Å². The topological polar surface area (TPSA) is 101 Å². The maximum absolute atomic E-state index is 12.0. The number of rotatable bonds is 5. The second kappa shape index (κ2) is 5.48. The molecule has 0 aliphatic heterocycles. The summed E-state index contributed by atoms with van der Waals surface area (Å²) in [6, 6.07) is 0. The molecule has 2 N–H and O–H groups in total. The van der Waals surface area contributed by atoms with Gasteiger partial charge in [0.15, 0.2) is 9.84 Å². The van der Waals surface area contributed by atoms with E-state index in [1.54, 1.807) is 0 Å². The molecule has 1 amide bonds. The second-order valence-electron chi connectivity index (χ2n) is 5.73. The molecule has 110 valence electrons. The van der Waals surface area contributed by atoms with E-state index in [1.165, 1.54) is 13.8 Å². The van der Waals surface area contributed by atoms with Crippen molar-refractivity contribution in [3.63, 3.8) is 0 Å². The highest BCUT2D eigenvalue weighted by Gasteiger charge is 2.39. The molecule has 1 saturated carbocycles. The predicted octanol–water partition coefficient (Wildman–Crippen LogP) is 0.427. The third-order valence-corrected chi connectivity index (χ3v) is 6.01. The number of nitrogens with one attached hydrogen (secondary N) is 1. The van der Waals surface area contributed by atoms with E-state index >= 15 is 0 Å². The standard InChI is InChI=1S/C12H21NO5S/c1-12(2,19(3,17)18)7-13-10(14)8-5-4-6-9(8)11(15)16/h8-9H,4-7H2,1-3H3,(H,13,14)(H,15,16)/t8-,9+/m1/s1. The smallest absolute Gasteiger partial charge is 0.307 e. The molecule has 1 rings (SSSR count). The molecule has 1 aliphatic rings. The zero-order valence-corrected chi connectivity index (χ0v) is 12.3. The first-order valence-corrected chi connectivity index (χ1v) is 8.15. The van der Waals surface area contributed by atoms with E-state index in [9.17, 15) is 18.0 Å². The minimum Gasteiger partial charge on any atom is -0.481 e. The SMILES string of the molecule is CC(C)(CNC(=O)[C@@H]1CCC[C@@H]1C(=O)O)S(C)(=O)=O. The van der Waals surface area contributed by atoms with Gasteiger partial charge in [0.1, 0.15) is 0 Å². The van der Waals surface area contributed by atoms with Crippen LogP contribution in [0.15, 0.2) is 0 Å². The highest BCUT2D eigenvalue weighted by Crippen LogP contribution is 2.32. The monoisotopic (exact) mass is 291 g/mol. The second-order valence-corrected chi connectivity index (χ2v) is 8.38. The van der Waals surface area contributed by atoms with Gasteiger partial charge in [-0.25, -0.2) is 8.42 Å². The van der Waals surface area contributed by atoms with Gasteiger partial charge in [-0.1, -0.05) is 6.42 Å². The Bertz CT molecular complexity index is 469. The summed E-state index contributed by atoms with van der Waals surface area (Å²) < 4.78 is 22.0. The van der Waals surface area contributed by atoms with Gasteiger partial charge in [0.25, 0.3) is 0 Å². The van der Waals surface area contributed by atoms with Gasteiger partial charge in [-0.2, -0.15) is 0 Å². The number of amides is 1. The molecule has 0 spiro atoms. The van der Waals surface area contributed by atoms with Gasteiger partial charge in [-0.05, 0) is 26.7 Å². The van der Waals surface area contributed by atoms with E-state index in [0.717, 1.165) is 6.26 Å². The third-order valence-electron chi connectivity index (χ3n) is 3.86. The molecule has 0 aromatic heterocycles. The first kappa shape index (κ1) is 15.9. The maximum Gasteiger partial charge on any atom is 0.307 e. The van der Waals surface area contributed by atoms with Crippen LogP contribution in [0.2, 0.25) is 0 Å². The molecule has 0 bridgehead atoms. The largest absolute Gasteiger partial charge is 0.481 e. The van der Waals surface area contributed by atoms with Gasteiger partial charge >= 0.3 is 5.97 Å². The van der Waals surface area contributed by atoms with Crippen molar-refractivity contribution in [1.29, 1.82) is 0 Å². The molecule has 6 nitrogen and oxygen atoms in total. The number of carbonyl (C=O) groups is 2. The number of carbonyl (C=O) groups excluding carboxylic acids is 1. The Kier molecular flexibility index (Phi) is 4.60. The van der Waals surface area contributed by atoms with Gasteiger partial charge < -0.3 is 10.4 Å². The van der Waals surface area contributed by atoms with Crippen LogP contribution in [0, 0.1) is 11.8 Å². The summed E-state index contributed by atoms with van der Waals surface area (Å²) in [5.41, 5.74) is 0. The van der Waals surface area contributed by atoms with Crippen LogP contribution < -0.4 is 5.32 Å². The molecular formula is C12H21NO5S. The molecule has 0 aromatic carbocycles. The van der Waals surface area contributed by atoms with Crippen LogP contribution in [0.3, 0.4) is 0 Å². The summed E-state index contributed by atoms with van der Waals surface area (Å²) >= 11 is 0. The molecule has 0 heterocycles. The van der Waals surface area contributed by atoms with Gasteiger partial charge in [-0.3, -0.25) is 9.59 Å². The van der Waals surface area contributed by atoms with Gasteiger partial charge in [0, 0.05) is 12.8 Å². The zero-order chi connectivity index (χ0) is 14.8. The van der Waals surface area contributed by atoms with Gasteiger partial charge in [0.05, 0.1) is 16.6 Å². The molecule has 0 aromatic rings. The van der Waals surface area contributed by atoms with Gasteiger partial charge in [-0.15, -0.1) is 0 Å². The average molecular weight is 291 g/mol. The molecule has 1 fully saturated rings. The molecule has 0 unspecified atom stereocenters. The van der Waals surface area contributed by atoms with Crippen LogP contribution >= 0.6 is 0 Å². The quantitative estimate of drug-likeness (QED) is 0.765. The lowest BCUT2D eigenvalue weighted by atomic mass is 9.95. The lowest BCUT2D eigenvalue weighted by Crippen LogP contribution is -2.46. The van der Waals surface area contributed by atoms with Crippen LogP contribution in [0.4, 0.5) is 0 Å². The Labute approximate surface area is 113 Å². The number of sulfone groups is 1. The summed E-state index contributed by atoms with van der Waals surface area (Å²) in [4.78, 5) is 23.0. The molecule has 19 heavy (non-hydrogen) atoms. The minimum absolute atomic E-state index is 0.00644.